The van der Waals surface area contributed by atoms with Crippen LogP contribution in [0.1, 0.15) is 12.8 Å². The van der Waals surface area contributed by atoms with Gasteiger partial charge in [-0.15, -0.1) is 0 Å². The molecule has 1 rings (SSSR count). The molecule has 4 nitrogen and oxygen atoms in total. The minimum Gasteiger partial charge on any atom is -0.475 e. The van der Waals surface area contributed by atoms with Crippen LogP contribution in [0.2, 0.25) is 0 Å². The van der Waals surface area contributed by atoms with Crippen molar-refractivity contribution in [3.05, 3.63) is 0 Å². The molecule has 1 fully saturated rings. The van der Waals surface area contributed by atoms with Crippen LogP contribution in [0.3, 0.4) is 0 Å². The molecule has 0 bridgehead atoms. The highest BCUT2D eigenvalue weighted by Gasteiger charge is 2.38. The summed E-state index contributed by atoms with van der Waals surface area (Å²) >= 11 is 0. The standard InChI is InChI=1S/C7H13F3N2.C2HF3O2/c8-7(9,10)5-12-3-1-6(11)2-4-12;3-2(4,5)1(6)7/h6H,1-5,11H2;(H,6,7). The van der Waals surface area contributed by atoms with Gasteiger partial charge in [0.25, 0.3) is 0 Å². The topological polar surface area (TPSA) is 66.6 Å². The quantitative estimate of drug-likeness (QED) is 0.721. The van der Waals surface area contributed by atoms with Crippen LogP contribution in [0, 0.1) is 0 Å². The maximum atomic E-state index is 11.9. The van der Waals surface area contributed by atoms with Crippen molar-refractivity contribution in [2.24, 2.45) is 5.73 Å². The highest BCUT2D eigenvalue weighted by Crippen LogP contribution is 2.19. The van der Waals surface area contributed by atoms with Crippen molar-refractivity contribution in [1.82, 2.24) is 4.90 Å². The van der Waals surface area contributed by atoms with Gasteiger partial charge in [-0.2, -0.15) is 26.3 Å². The normalized spacial score (nSPS) is 18.7. The SMILES string of the molecule is NC1CCN(CC(F)(F)F)CC1.O=C(O)C(F)(F)F. The van der Waals surface area contributed by atoms with Crippen molar-refractivity contribution in [3.63, 3.8) is 0 Å². The van der Waals surface area contributed by atoms with E-state index in [1.165, 1.54) is 4.90 Å². The van der Waals surface area contributed by atoms with Crippen LogP contribution in [0.15, 0.2) is 0 Å². The largest absolute Gasteiger partial charge is 0.490 e. The molecule has 0 aromatic rings. The minimum absolute atomic E-state index is 0.0921. The van der Waals surface area contributed by atoms with E-state index in [0.717, 1.165) is 0 Å². The lowest BCUT2D eigenvalue weighted by atomic mass is 10.1. The van der Waals surface area contributed by atoms with Crippen LogP contribution in [0.25, 0.3) is 0 Å². The van der Waals surface area contributed by atoms with Gasteiger partial charge in [0, 0.05) is 6.04 Å². The fourth-order valence-electron chi connectivity index (χ4n) is 1.36. The van der Waals surface area contributed by atoms with E-state index in [2.05, 4.69) is 0 Å². The zero-order valence-corrected chi connectivity index (χ0v) is 9.76. The molecule has 0 radical (unpaired) electrons. The van der Waals surface area contributed by atoms with E-state index in [0.29, 0.717) is 25.9 Å². The molecule has 114 valence electrons. The van der Waals surface area contributed by atoms with E-state index < -0.39 is 24.9 Å². The monoisotopic (exact) mass is 296 g/mol. The first-order valence-corrected chi connectivity index (χ1v) is 5.26. The molecule has 3 N–H and O–H groups in total. The Balaban J connectivity index is 0.000000399. The van der Waals surface area contributed by atoms with Gasteiger partial charge in [-0.05, 0) is 25.9 Å². The van der Waals surface area contributed by atoms with Crippen LogP contribution in [0.5, 0.6) is 0 Å². The van der Waals surface area contributed by atoms with E-state index in [4.69, 9.17) is 15.6 Å². The smallest absolute Gasteiger partial charge is 0.475 e. The Hall–Kier alpha value is -1.03. The zero-order valence-electron chi connectivity index (χ0n) is 9.76. The molecule has 0 aromatic carbocycles. The molecular formula is C9H14F6N2O2. The van der Waals surface area contributed by atoms with Crippen LogP contribution in [0.4, 0.5) is 26.3 Å². The van der Waals surface area contributed by atoms with Gasteiger partial charge in [0.1, 0.15) is 0 Å². The highest BCUT2D eigenvalue weighted by atomic mass is 19.4. The molecular weight excluding hydrogens is 282 g/mol. The number of aliphatic carboxylic acids is 1. The number of nitrogens with zero attached hydrogens (tertiary/aromatic N) is 1. The average Bonchev–Trinajstić information content (AvgIpc) is 2.19. The van der Waals surface area contributed by atoms with Crippen molar-refractivity contribution in [1.29, 1.82) is 0 Å². The molecule has 0 amide bonds. The number of rotatable bonds is 1. The molecule has 0 spiro atoms. The van der Waals surface area contributed by atoms with Crippen molar-refractivity contribution < 1.29 is 36.2 Å². The number of carboxylic acid groups (broad SMARTS) is 1. The van der Waals surface area contributed by atoms with Gasteiger partial charge in [-0.25, -0.2) is 4.79 Å². The Morgan fingerprint density at radius 3 is 1.79 bits per heavy atom. The number of hydrogen-bond donors (Lipinski definition) is 2. The van der Waals surface area contributed by atoms with Gasteiger partial charge in [-0.1, -0.05) is 0 Å². The Labute approximate surface area is 105 Å². The number of nitrogens with two attached hydrogens (primary N) is 1. The van der Waals surface area contributed by atoms with Gasteiger partial charge in [-0.3, -0.25) is 4.90 Å². The summed E-state index contributed by atoms with van der Waals surface area (Å²) in [7, 11) is 0. The number of hydrogen-bond acceptors (Lipinski definition) is 3. The summed E-state index contributed by atoms with van der Waals surface area (Å²) in [6.07, 6.45) is -7.80. The van der Waals surface area contributed by atoms with Gasteiger partial charge in [0.2, 0.25) is 0 Å². The van der Waals surface area contributed by atoms with Crippen LogP contribution < -0.4 is 5.73 Å². The Morgan fingerprint density at radius 1 is 1.16 bits per heavy atom. The van der Waals surface area contributed by atoms with Crippen molar-refractivity contribution in [2.75, 3.05) is 19.6 Å². The third-order valence-electron chi connectivity index (χ3n) is 2.28. The summed E-state index contributed by atoms with van der Waals surface area (Å²) in [6.45, 7) is 0.154. The number of carbonyl (C=O) groups is 1. The van der Waals surface area contributed by atoms with E-state index in [1.54, 1.807) is 0 Å². The fourth-order valence-corrected chi connectivity index (χ4v) is 1.36. The van der Waals surface area contributed by atoms with E-state index in [9.17, 15) is 26.3 Å². The van der Waals surface area contributed by atoms with Crippen molar-refractivity contribution in [3.8, 4) is 0 Å². The molecule has 0 saturated carbocycles. The molecule has 0 unspecified atom stereocenters. The van der Waals surface area contributed by atoms with Gasteiger partial charge in [0.05, 0.1) is 6.54 Å². The lowest BCUT2D eigenvalue weighted by molar-refractivity contribution is -0.192. The number of piperidine rings is 1. The fraction of sp³-hybridized carbons (Fsp3) is 0.889. The third-order valence-corrected chi connectivity index (χ3v) is 2.28. The Kier molecular flexibility index (Phi) is 6.57. The maximum Gasteiger partial charge on any atom is 0.490 e. The van der Waals surface area contributed by atoms with E-state index >= 15 is 0 Å². The molecule has 1 saturated heterocycles. The van der Waals surface area contributed by atoms with Gasteiger partial charge in [0.15, 0.2) is 0 Å². The molecule has 1 aliphatic heterocycles. The van der Waals surface area contributed by atoms with Crippen LogP contribution in [-0.4, -0.2) is 54.0 Å². The third kappa shape index (κ3) is 9.54. The van der Waals surface area contributed by atoms with E-state index in [1.807, 2.05) is 0 Å². The summed E-state index contributed by atoms with van der Waals surface area (Å²) in [5.74, 6) is -2.76. The summed E-state index contributed by atoms with van der Waals surface area (Å²) in [4.78, 5) is 10.3. The molecule has 1 heterocycles. The zero-order chi connectivity index (χ0) is 15.3. The van der Waals surface area contributed by atoms with Gasteiger partial charge >= 0.3 is 18.3 Å². The molecule has 0 aromatic heterocycles. The lowest BCUT2D eigenvalue weighted by Crippen LogP contribution is -2.43. The summed E-state index contributed by atoms with van der Waals surface area (Å²) in [6, 6.07) is 0.0921. The number of carboxylic acids is 1. The van der Waals surface area contributed by atoms with Gasteiger partial charge < -0.3 is 10.8 Å². The minimum atomic E-state index is -5.08. The second-order valence-electron chi connectivity index (χ2n) is 4.03. The summed E-state index contributed by atoms with van der Waals surface area (Å²) < 4.78 is 67.3. The van der Waals surface area contributed by atoms with Crippen molar-refractivity contribution >= 4 is 5.97 Å². The number of alkyl halides is 6. The second kappa shape index (κ2) is 6.94. The van der Waals surface area contributed by atoms with Crippen LogP contribution in [-0.2, 0) is 4.79 Å². The average molecular weight is 296 g/mol. The first-order chi connectivity index (χ1) is 8.42. The number of halogens is 6. The molecule has 10 heteroatoms. The van der Waals surface area contributed by atoms with Crippen LogP contribution >= 0.6 is 0 Å². The predicted octanol–water partition coefficient (Wildman–Crippen LogP) is 1.61. The highest BCUT2D eigenvalue weighted by molar-refractivity contribution is 5.73. The summed E-state index contributed by atoms with van der Waals surface area (Å²) in [5, 5.41) is 7.12. The second-order valence-corrected chi connectivity index (χ2v) is 4.03. The maximum absolute atomic E-state index is 11.9. The first-order valence-electron chi connectivity index (χ1n) is 5.26. The van der Waals surface area contributed by atoms with Crippen molar-refractivity contribution in [2.45, 2.75) is 31.2 Å². The molecule has 1 aliphatic rings. The van der Waals surface area contributed by atoms with E-state index in [-0.39, 0.29) is 6.04 Å². The molecule has 0 atom stereocenters. The molecule has 0 aliphatic carbocycles. The Bertz CT molecular complexity index is 283. The number of likely N-dealkylation sites (tertiary alicyclic amines) is 1. The first kappa shape index (κ1) is 18.0. The lowest BCUT2D eigenvalue weighted by Gasteiger charge is -2.30. The Morgan fingerprint density at radius 2 is 1.53 bits per heavy atom. The molecule has 19 heavy (non-hydrogen) atoms. The summed E-state index contributed by atoms with van der Waals surface area (Å²) in [5.41, 5.74) is 5.55. The predicted molar refractivity (Wildman–Crippen MR) is 53.4 cm³/mol.